The van der Waals surface area contributed by atoms with Crippen molar-refractivity contribution in [2.45, 2.75) is 24.3 Å². The molecule has 4 N–H and O–H groups in total. The van der Waals surface area contributed by atoms with Crippen molar-refractivity contribution in [2.75, 3.05) is 6.61 Å². The van der Waals surface area contributed by atoms with Crippen LogP contribution >= 0.6 is 0 Å². The molecule has 27 heavy (non-hydrogen) atoms. The molecular weight excluding hydrogens is 370 g/mol. The fraction of sp³-hybridized carbons (Fsp3) is 0.211. The van der Waals surface area contributed by atoms with Crippen molar-refractivity contribution in [3.05, 3.63) is 72.3 Å². The van der Waals surface area contributed by atoms with Gasteiger partial charge >= 0.3 is 5.97 Å². The van der Waals surface area contributed by atoms with Crippen molar-refractivity contribution in [1.29, 1.82) is 0 Å². The highest BCUT2D eigenvalue weighted by molar-refractivity contribution is 7.85. The number of carbonyl (C=O) groups is 1. The number of aromatic hydroxyl groups is 1. The number of esters is 1. The van der Waals surface area contributed by atoms with Crippen molar-refractivity contribution >= 4 is 16.1 Å². The summed E-state index contributed by atoms with van der Waals surface area (Å²) >= 11 is 0. The standard InChI is InChI=1S/C12H15NO3.C7H8O3S/c1-2-7-16-12(15)11(13)8-9-3-5-10(14)6-4-9;1-6-2-4-7(5-3-6)11(8,9)10/h2-6,11,14H,1,7-8,13H2;2-5H,1H3,(H,8,9,10)/t11-;/m0./s1. The van der Waals surface area contributed by atoms with Crippen LogP contribution in [0.1, 0.15) is 11.1 Å². The Balaban J connectivity index is 0.000000289. The van der Waals surface area contributed by atoms with E-state index < -0.39 is 22.1 Å². The lowest BCUT2D eigenvalue weighted by Crippen LogP contribution is -2.34. The number of phenolic OH excluding ortho intramolecular Hbond substituents is 1. The Morgan fingerprint density at radius 1 is 1.19 bits per heavy atom. The molecule has 0 bridgehead atoms. The molecule has 0 spiro atoms. The van der Waals surface area contributed by atoms with Crippen molar-refractivity contribution in [3.8, 4) is 5.75 Å². The maximum atomic E-state index is 11.3. The van der Waals surface area contributed by atoms with E-state index in [9.17, 15) is 13.2 Å². The van der Waals surface area contributed by atoms with Gasteiger partial charge in [-0.05, 0) is 43.2 Å². The Morgan fingerprint density at radius 2 is 1.74 bits per heavy atom. The summed E-state index contributed by atoms with van der Waals surface area (Å²) in [6.07, 6.45) is 1.88. The van der Waals surface area contributed by atoms with E-state index in [0.29, 0.717) is 6.42 Å². The van der Waals surface area contributed by atoms with Gasteiger partial charge in [0.25, 0.3) is 10.1 Å². The van der Waals surface area contributed by atoms with Crippen LogP contribution < -0.4 is 5.73 Å². The first kappa shape index (κ1) is 22.4. The number of phenols is 1. The Labute approximate surface area is 158 Å². The van der Waals surface area contributed by atoms with Crippen molar-refractivity contribution in [2.24, 2.45) is 5.73 Å². The number of benzene rings is 2. The quantitative estimate of drug-likeness (QED) is 0.390. The first-order chi connectivity index (χ1) is 12.6. The maximum absolute atomic E-state index is 11.3. The lowest BCUT2D eigenvalue weighted by molar-refractivity contribution is -0.143. The van der Waals surface area contributed by atoms with E-state index in [2.05, 4.69) is 6.58 Å². The molecule has 0 aliphatic rings. The number of hydrogen-bond acceptors (Lipinski definition) is 6. The highest BCUT2D eigenvalue weighted by atomic mass is 32.2. The van der Waals surface area contributed by atoms with Gasteiger partial charge in [-0.2, -0.15) is 8.42 Å². The first-order valence-corrected chi connectivity index (χ1v) is 9.42. The lowest BCUT2D eigenvalue weighted by atomic mass is 10.1. The summed E-state index contributed by atoms with van der Waals surface area (Å²) in [6, 6.07) is 11.8. The van der Waals surface area contributed by atoms with Gasteiger partial charge in [0.2, 0.25) is 0 Å². The van der Waals surface area contributed by atoms with Crippen molar-refractivity contribution in [1.82, 2.24) is 0 Å². The molecule has 2 aromatic carbocycles. The number of aryl methyl sites for hydroxylation is 1. The fourth-order valence-electron chi connectivity index (χ4n) is 1.93. The normalized spacial score (nSPS) is 11.7. The fourth-order valence-corrected chi connectivity index (χ4v) is 2.41. The van der Waals surface area contributed by atoms with Crippen LogP contribution in [0, 0.1) is 6.92 Å². The summed E-state index contributed by atoms with van der Waals surface area (Å²) in [5.41, 5.74) is 7.49. The molecule has 0 heterocycles. The van der Waals surface area contributed by atoms with Crippen LogP contribution in [0.15, 0.2) is 66.1 Å². The number of nitrogens with two attached hydrogens (primary N) is 1. The minimum absolute atomic E-state index is 0.0666. The molecule has 0 aliphatic carbocycles. The van der Waals surface area contributed by atoms with Gasteiger partial charge in [0.05, 0.1) is 4.90 Å². The molecule has 0 aliphatic heterocycles. The van der Waals surface area contributed by atoms with Crippen LogP contribution in [0.25, 0.3) is 0 Å². The Bertz CT molecular complexity index is 845. The van der Waals surface area contributed by atoms with Crippen LogP contribution in [-0.2, 0) is 26.1 Å². The molecule has 0 aromatic heterocycles. The molecule has 0 fully saturated rings. The van der Waals surface area contributed by atoms with Gasteiger partial charge in [-0.25, -0.2) is 0 Å². The van der Waals surface area contributed by atoms with Gasteiger partial charge in [0.15, 0.2) is 0 Å². The average Bonchev–Trinajstić information content (AvgIpc) is 2.61. The van der Waals surface area contributed by atoms with Crippen LogP contribution in [0.5, 0.6) is 5.75 Å². The molecule has 8 heteroatoms. The van der Waals surface area contributed by atoms with Gasteiger partial charge in [0, 0.05) is 0 Å². The van der Waals surface area contributed by atoms with E-state index >= 15 is 0 Å². The highest BCUT2D eigenvalue weighted by Gasteiger charge is 2.14. The third-order valence-corrected chi connectivity index (χ3v) is 4.22. The summed E-state index contributed by atoms with van der Waals surface area (Å²) in [4.78, 5) is 11.3. The molecule has 146 valence electrons. The number of rotatable bonds is 6. The van der Waals surface area contributed by atoms with E-state index in [4.69, 9.17) is 20.1 Å². The largest absolute Gasteiger partial charge is 0.508 e. The van der Waals surface area contributed by atoms with E-state index in [-0.39, 0.29) is 17.3 Å². The molecule has 2 rings (SSSR count). The second kappa shape index (κ2) is 10.5. The predicted molar refractivity (Wildman–Crippen MR) is 102 cm³/mol. The summed E-state index contributed by atoms with van der Waals surface area (Å²) in [6.45, 7) is 5.45. The maximum Gasteiger partial charge on any atom is 0.323 e. The Kier molecular flexibility index (Phi) is 8.67. The van der Waals surface area contributed by atoms with E-state index in [0.717, 1.165) is 11.1 Å². The van der Waals surface area contributed by atoms with E-state index in [1.165, 1.54) is 18.2 Å². The molecule has 2 aromatic rings. The SMILES string of the molecule is C=CCOC(=O)[C@@H](N)Cc1ccc(O)cc1.Cc1ccc(S(=O)(=O)O)cc1. The Hall–Kier alpha value is -2.68. The minimum atomic E-state index is -4.02. The lowest BCUT2D eigenvalue weighted by Gasteiger charge is -2.10. The van der Waals surface area contributed by atoms with Gasteiger partial charge in [-0.1, -0.05) is 42.5 Å². The van der Waals surface area contributed by atoms with Gasteiger partial charge in [-0.15, -0.1) is 0 Å². The van der Waals surface area contributed by atoms with Crippen LogP contribution in [0.2, 0.25) is 0 Å². The highest BCUT2D eigenvalue weighted by Crippen LogP contribution is 2.11. The van der Waals surface area contributed by atoms with E-state index in [1.807, 2.05) is 6.92 Å². The molecule has 0 radical (unpaired) electrons. The van der Waals surface area contributed by atoms with Crippen LogP contribution in [0.3, 0.4) is 0 Å². The average molecular weight is 393 g/mol. The summed E-state index contributed by atoms with van der Waals surface area (Å²) in [5.74, 6) is -0.264. The minimum Gasteiger partial charge on any atom is -0.508 e. The monoisotopic (exact) mass is 393 g/mol. The molecule has 0 amide bonds. The van der Waals surface area contributed by atoms with Gasteiger partial charge in [-0.3, -0.25) is 9.35 Å². The summed E-state index contributed by atoms with van der Waals surface area (Å²) in [5, 5.41) is 9.08. The first-order valence-electron chi connectivity index (χ1n) is 7.98. The molecule has 0 unspecified atom stereocenters. The summed E-state index contributed by atoms with van der Waals surface area (Å²) in [7, 11) is -4.02. The van der Waals surface area contributed by atoms with Gasteiger partial charge < -0.3 is 15.6 Å². The predicted octanol–water partition coefficient (Wildman–Crippen LogP) is 2.23. The second-order valence-electron chi connectivity index (χ2n) is 5.68. The van der Waals surface area contributed by atoms with Crippen LogP contribution in [0.4, 0.5) is 0 Å². The topological polar surface area (TPSA) is 127 Å². The number of carbonyl (C=O) groups excluding carboxylic acids is 1. The van der Waals surface area contributed by atoms with Gasteiger partial charge in [0.1, 0.15) is 18.4 Å². The molecule has 7 nitrogen and oxygen atoms in total. The third kappa shape index (κ3) is 8.50. The second-order valence-corrected chi connectivity index (χ2v) is 7.11. The molecule has 1 atom stereocenters. The number of ether oxygens (including phenoxy) is 1. The third-order valence-electron chi connectivity index (χ3n) is 3.36. The van der Waals surface area contributed by atoms with Crippen molar-refractivity contribution < 1.29 is 27.6 Å². The van der Waals surface area contributed by atoms with Crippen LogP contribution in [-0.4, -0.2) is 36.7 Å². The zero-order valence-electron chi connectivity index (χ0n) is 14.9. The summed E-state index contributed by atoms with van der Waals surface area (Å²) < 4.78 is 34.4. The molecule has 0 saturated carbocycles. The zero-order valence-corrected chi connectivity index (χ0v) is 15.7. The van der Waals surface area contributed by atoms with E-state index in [1.54, 1.807) is 36.4 Å². The smallest absolute Gasteiger partial charge is 0.323 e. The zero-order chi connectivity index (χ0) is 20.4. The number of hydrogen-bond donors (Lipinski definition) is 3. The molecular formula is C19H23NO6S. The van der Waals surface area contributed by atoms with Crippen molar-refractivity contribution in [3.63, 3.8) is 0 Å². The molecule has 0 saturated heterocycles. The Morgan fingerprint density at radius 3 is 2.22 bits per heavy atom.